The van der Waals surface area contributed by atoms with E-state index in [0.717, 1.165) is 13.1 Å². The molecule has 1 aromatic carbocycles. The van der Waals surface area contributed by atoms with Crippen molar-refractivity contribution >= 4 is 34.6 Å². The van der Waals surface area contributed by atoms with E-state index in [0.29, 0.717) is 41.5 Å². The first-order valence-electron chi connectivity index (χ1n) is 15.0. The van der Waals surface area contributed by atoms with Crippen LogP contribution >= 0.6 is 0 Å². The van der Waals surface area contributed by atoms with Gasteiger partial charge in [0, 0.05) is 32.6 Å². The molecule has 43 heavy (non-hydrogen) atoms. The van der Waals surface area contributed by atoms with Crippen LogP contribution in [0.1, 0.15) is 45.6 Å². The number of carbonyl (C=O) groups excluding carboxylic acids is 3. The Balaban J connectivity index is 1.64. The number of aliphatic hydroxyl groups is 2. The van der Waals surface area contributed by atoms with Crippen molar-refractivity contribution in [3.8, 4) is 0 Å². The fraction of sp³-hybridized carbons (Fsp3) is 0.562. The molecule has 11 heteroatoms. The summed E-state index contributed by atoms with van der Waals surface area (Å²) in [6.07, 6.45) is 5.19. The summed E-state index contributed by atoms with van der Waals surface area (Å²) in [6, 6.07) is 3.07. The van der Waals surface area contributed by atoms with Crippen LogP contribution in [-0.2, 0) is 20.9 Å². The SMILES string of the molecule is C/C(=C\c1cc(F)c2cnn(CCO)c2c1)[C@H]1C(=O)C(=O)C[C@H](O)CC[C@H](C)[C@@H](OC(=O)N2CCN(C)CC2)/C=C/[C@@H]1C. The lowest BCUT2D eigenvalue weighted by atomic mass is 9.79. The number of piperazine rings is 1. The van der Waals surface area contributed by atoms with Crippen LogP contribution in [0.15, 0.2) is 36.1 Å². The van der Waals surface area contributed by atoms with Gasteiger partial charge in [0.05, 0.1) is 42.3 Å². The molecule has 2 aromatic rings. The summed E-state index contributed by atoms with van der Waals surface area (Å²) >= 11 is 0. The average molecular weight is 599 g/mol. The van der Waals surface area contributed by atoms with Gasteiger partial charge in [0.2, 0.25) is 11.6 Å². The van der Waals surface area contributed by atoms with Gasteiger partial charge in [-0.3, -0.25) is 14.3 Å². The Labute approximate surface area is 251 Å². The molecule has 2 aliphatic rings. The maximum Gasteiger partial charge on any atom is 0.410 e. The largest absolute Gasteiger partial charge is 0.442 e. The molecule has 1 aliphatic heterocycles. The van der Waals surface area contributed by atoms with Crippen LogP contribution in [0, 0.1) is 23.6 Å². The first-order chi connectivity index (χ1) is 20.5. The second kappa shape index (κ2) is 14.4. The first kappa shape index (κ1) is 32.5. The van der Waals surface area contributed by atoms with Gasteiger partial charge in [-0.1, -0.05) is 31.6 Å². The number of ether oxygens (including phenoxy) is 1. The van der Waals surface area contributed by atoms with Crippen LogP contribution in [0.25, 0.3) is 17.0 Å². The van der Waals surface area contributed by atoms with Gasteiger partial charge in [-0.25, -0.2) is 9.18 Å². The number of aromatic nitrogens is 2. The minimum Gasteiger partial charge on any atom is -0.442 e. The van der Waals surface area contributed by atoms with Crippen molar-refractivity contribution in [1.82, 2.24) is 19.6 Å². The van der Waals surface area contributed by atoms with Gasteiger partial charge in [0.1, 0.15) is 11.9 Å². The Bertz CT molecular complexity index is 1380. The van der Waals surface area contributed by atoms with E-state index in [2.05, 4.69) is 10.00 Å². The van der Waals surface area contributed by atoms with Gasteiger partial charge in [0.25, 0.3) is 0 Å². The van der Waals surface area contributed by atoms with Crippen molar-refractivity contribution in [2.45, 2.75) is 58.8 Å². The number of carbonyl (C=O) groups is 3. The lowest BCUT2D eigenvalue weighted by Crippen LogP contribution is -2.48. The molecule has 234 valence electrons. The number of nitrogens with zero attached hydrogens (tertiary/aromatic N) is 4. The van der Waals surface area contributed by atoms with Crippen LogP contribution in [0.3, 0.4) is 0 Å². The van der Waals surface area contributed by atoms with Crippen molar-refractivity contribution in [1.29, 1.82) is 0 Å². The van der Waals surface area contributed by atoms with Crippen molar-refractivity contribution in [2.24, 2.45) is 17.8 Å². The highest BCUT2D eigenvalue weighted by Gasteiger charge is 2.33. The number of amides is 1. The third-order valence-electron chi connectivity index (χ3n) is 8.55. The summed E-state index contributed by atoms with van der Waals surface area (Å²) in [5, 5.41) is 24.4. The third kappa shape index (κ3) is 7.95. The molecule has 4 rings (SSSR count). The zero-order valence-corrected chi connectivity index (χ0v) is 25.4. The number of allylic oxidation sites excluding steroid dienone is 2. The number of hydrogen-bond donors (Lipinski definition) is 2. The number of rotatable bonds is 5. The van der Waals surface area contributed by atoms with E-state index in [1.165, 1.54) is 16.9 Å². The summed E-state index contributed by atoms with van der Waals surface area (Å²) in [6.45, 7) is 8.20. The molecule has 2 N–H and O–H groups in total. The van der Waals surface area contributed by atoms with Gasteiger partial charge in [-0.15, -0.1) is 0 Å². The van der Waals surface area contributed by atoms with Gasteiger partial charge in [0.15, 0.2) is 0 Å². The lowest BCUT2D eigenvalue weighted by molar-refractivity contribution is -0.140. The normalized spacial score (nSPS) is 27.6. The molecule has 5 atom stereocenters. The van der Waals surface area contributed by atoms with Crippen molar-refractivity contribution < 1.29 is 33.7 Å². The number of fused-ring (bicyclic) bond motifs is 1. The second-order valence-corrected chi connectivity index (χ2v) is 12.0. The zero-order valence-electron chi connectivity index (χ0n) is 25.4. The molecule has 1 saturated heterocycles. The summed E-state index contributed by atoms with van der Waals surface area (Å²) in [5.74, 6) is -3.24. The number of ketones is 2. The molecule has 0 bridgehead atoms. The fourth-order valence-corrected chi connectivity index (χ4v) is 5.85. The molecule has 1 amide bonds. The van der Waals surface area contributed by atoms with E-state index in [1.807, 2.05) is 27.0 Å². The number of likely N-dealkylation sites (N-methyl/N-ethyl adjacent to an activating group) is 1. The summed E-state index contributed by atoms with van der Waals surface area (Å²) in [4.78, 5) is 43.4. The van der Waals surface area contributed by atoms with E-state index in [9.17, 15) is 29.0 Å². The fourth-order valence-electron chi connectivity index (χ4n) is 5.85. The van der Waals surface area contributed by atoms with Gasteiger partial charge in [-0.2, -0.15) is 5.10 Å². The molecule has 1 aliphatic carbocycles. The monoisotopic (exact) mass is 598 g/mol. The van der Waals surface area contributed by atoms with Crippen LogP contribution < -0.4 is 0 Å². The van der Waals surface area contributed by atoms with Crippen LogP contribution in [0.4, 0.5) is 9.18 Å². The second-order valence-electron chi connectivity index (χ2n) is 12.0. The third-order valence-corrected chi connectivity index (χ3v) is 8.55. The molecule has 2 heterocycles. The number of hydrogen-bond acceptors (Lipinski definition) is 8. The Kier molecular flexibility index (Phi) is 10.9. The Morgan fingerprint density at radius 3 is 2.56 bits per heavy atom. The minimum absolute atomic E-state index is 0.131. The minimum atomic E-state index is -1.00. The molecular weight excluding hydrogens is 555 g/mol. The molecule has 10 nitrogen and oxygen atoms in total. The average Bonchev–Trinajstić information content (AvgIpc) is 3.37. The zero-order chi connectivity index (χ0) is 31.3. The molecular formula is C32H43FN4O6. The molecule has 1 aromatic heterocycles. The topological polar surface area (TPSA) is 125 Å². The quantitative estimate of drug-likeness (QED) is 0.396. The Morgan fingerprint density at radius 1 is 1.14 bits per heavy atom. The van der Waals surface area contributed by atoms with E-state index >= 15 is 0 Å². The standard InChI is InChI=1S/C32H43FN4O6/c1-20-5-7-24(39)18-28(40)31(41)30(21(2)6-8-29(20)43-32(42)36-11-9-35(4)10-12-36)22(3)15-23-16-26(33)25-19-34-37(13-14-38)27(25)17-23/h6,8,15-17,19-21,24,29-30,38-39H,5,7,9-14,18H2,1-4H3/b8-6+,22-15+/t20-,21-,24+,29-,30-/m0/s1. The molecule has 0 spiro atoms. The highest BCUT2D eigenvalue weighted by molar-refractivity contribution is 6.38. The summed E-state index contributed by atoms with van der Waals surface area (Å²) in [5.41, 5.74) is 1.54. The highest BCUT2D eigenvalue weighted by atomic mass is 19.1. The smallest absolute Gasteiger partial charge is 0.410 e. The predicted octanol–water partition coefficient (Wildman–Crippen LogP) is 3.45. The van der Waals surface area contributed by atoms with Crippen LogP contribution in [0.2, 0.25) is 0 Å². The van der Waals surface area contributed by atoms with Crippen LogP contribution in [-0.4, -0.2) is 99.5 Å². The predicted molar refractivity (Wildman–Crippen MR) is 161 cm³/mol. The molecule has 0 saturated carbocycles. The molecule has 0 radical (unpaired) electrons. The Hall–Kier alpha value is -3.41. The van der Waals surface area contributed by atoms with Crippen molar-refractivity contribution in [2.75, 3.05) is 39.8 Å². The van der Waals surface area contributed by atoms with E-state index < -0.39 is 47.5 Å². The number of Topliss-reactive ketones (excluding diaryl/α,β-unsaturated/α-hetero) is 2. The number of halogens is 1. The number of aliphatic hydroxyl groups excluding tert-OH is 2. The van der Waals surface area contributed by atoms with Crippen molar-refractivity contribution in [3.63, 3.8) is 0 Å². The van der Waals surface area contributed by atoms with E-state index in [-0.39, 0.29) is 31.9 Å². The summed E-state index contributed by atoms with van der Waals surface area (Å²) < 4.78 is 22.4. The van der Waals surface area contributed by atoms with E-state index in [4.69, 9.17) is 4.74 Å². The highest BCUT2D eigenvalue weighted by Crippen LogP contribution is 2.30. The first-order valence-corrected chi connectivity index (χ1v) is 15.0. The number of benzene rings is 1. The summed E-state index contributed by atoms with van der Waals surface area (Å²) in [7, 11) is 2.01. The van der Waals surface area contributed by atoms with Crippen molar-refractivity contribution in [3.05, 3.63) is 47.4 Å². The van der Waals surface area contributed by atoms with Gasteiger partial charge in [-0.05, 0) is 62.4 Å². The van der Waals surface area contributed by atoms with Gasteiger partial charge >= 0.3 is 6.09 Å². The maximum atomic E-state index is 14.9. The van der Waals surface area contributed by atoms with E-state index in [1.54, 1.807) is 30.0 Å². The molecule has 0 unspecified atom stereocenters. The molecule has 1 fully saturated rings. The lowest BCUT2D eigenvalue weighted by Gasteiger charge is -2.33. The van der Waals surface area contributed by atoms with Crippen LogP contribution in [0.5, 0.6) is 0 Å². The maximum absolute atomic E-state index is 14.9. The van der Waals surface area contributed by atoms with Gasteiger partial charge < -0.3 is 24.7 Å². The Morgan fingerprint density at radius 2 is 1.86 bits per heavy atom.